The Morgan fingerprint density at radius 3 is 1.58 bits per heavy atom. The van der Waals surface area contributed by atoms with E-state index in [4.69, 9.17) is 5.73 Å². The van der Waals surface area contributed by atoms with Crippen LogP contribution in [0.4, 0.5) is 5.69 Å². The molecular weight excluding hydrogens is 174 g/mol. The Morgan fingerprint density at radius 1 is 1.08 bits per heavy atom. The second-order valence-corrected chi connectivity index (χ2v) is 4.84. The van der Waals surface area contributed by atoms with Crippen molar-refractivity contribution in [2.75, 3.05) is 18.2 Å². The van der Waals surface area contributed by atoms with E-state index >= 15 is 0 Å². The molecule has 0 saturated carbocycles. The van der Waals surface area contributed by atoms with Gasteiger partial charge in [-0.3, -0.25) is 0 Å². The van der Waals surface area contributed by atoms with Gasteiger partial charge in [0.05, 0.1) is 0 Å². The molecule has 68 valence electrons. The van der Waals surface area contributed by atoms with Crippen LogP contribution < -0.4 is 5.73 Å². The third-order valence-electron chi connectivity index (χ3n) is 0.800. The maximum Gasteiger partial charge on any atom is 0.144 e. The van der Waals surface area contributed by atoms with Gasteiger partial charge >= 0.3 is 0 Å². The summed E-state index contributed by atoms with van der Waals surface area (Å²) in [7, 11) is -2.67. The molecule has 0 spiro atoms. The third-order valence-corrected chi connectivity index (χ3v) is 0.800. The lowest BCUT2D eigenvalue weighted by Gasteiger charge is -1.83. The van der Waals surface area contributed by atoms with E-state index in [0.717, 1.165) is 18.2 Å². The highest BCUT2D eigenvalue weighted by molar-refractivity contribution is 7.89. The number of nitrogens with two attached hydrogens (primary N) is 1. The normalized spacial score (nSPS) is 9.83. The smallest absolute Gasteiger partial charge is 0.144 e. The van der Waals surface area contributed by atoms with Gasteiger partial charge in [0.15, 0.2) is 0 Å². The zero-order valence-electron chi connectivity index (χ0n) is 7.19. The highest BCUT2D eigenvalue weighted by Gasteiger charge is 1.79. The molecule has 0 aromatic heterocycles. The van der Waals surface area contributed by atoms with Crippen molar-refractivity contribution in [2.24, 2.45) is 0 Å². The van der Waals surface area contributed by atoms with Crippen LogP contribution in [0.25, 0.3) is 0 Å². The minimum Gasteiger partial charge on any atom is -0.399 e. The van der Waals surface area contributed by atoms with E-state index in [-0.39, 0.29) is 0 Å². The molecule has 0 heterocycles. The molecule has 0 aliphatic carbocycles. The van der Waals surface area contributed by atoms with Gasteiger partial charge in [-0.05, 0) is 12.1 Å². The second kappa shape index (κ2) is 4.77. The molecule has 2 N–H and O–H groups in total. The Balaban J connectivity index is 0.000000217. The molecule has 4 heteroatoms. The first-order chi connectivity index (χ1) is 5.39. The summed E-state index contributed by atoms with van der Waals surface area (Å²) in [5.74, 6) is 0. The number of sulfone groups is 1. The Hall–Kier alpha value is -1.03. The predicted octanol–water partition coefficient (Wildman–Crippen LogP) is 0.930. The first kappa shape index (κ1) is 11.0. The zero-order chi connectivity index (χ0) is 9.61. The molecular formula is C8H13NO2S. The Bertz CT molecular complexity index is 297. The summed E-state index contributed by atoms with van der Waals surface area (Å²) in [5.41, 5.74) is 6.18. The number of para-hydroxylation sites is 1. The van der Waals surface area contributed by atoms with Gasteiger partial charge in [0.1, 0.15) is 9.84 Å². The van der Waals surface area contributed by atoms with Crippen molar-refractivity contribution < 1.29 is 8.42 Å². The van der Waals surface area contributed by atoms with Crippen LogP contribution in [0.1, 0.15) is 0 Å². The average molecular weight is 187 g/mol. The van der Waals surface area contributed by atoms with Crippen molar-refractivity contribution in [1.82, 2.24) is 0 Å². The van der Waals surface area contributed by atoms with Crippen LogP contribution in [0.2, 0.25) is 0 Å². The molecule has 0 radical (unpaired) electrons. The van der Waals surface area contributed by atoms with E-state index in [1.165, 1.54) is 0 Å². The maximum atomic E-state index is 9.63. The number of hydrogen-bond acceptors (Lipinski definition) is 3. The number of nitrogen functional groups attached to an aromatic ring is 1. The van der Waals surface area contributed by atoms with E-state index in [2.05, 4.69) is 0 Å². The number of rotatable bonds is 0. The van der Waals surface area contributed by atoms with Gasteiger partial charge in [0.25, 0.3) is 0 Å². The van der Waals surface area contributed by atoms with Gasteiger partial charge in [-0.25, -0.2) is 8.42 Å². The molecule has 0 fully saturated rings. The Kier molecular flexibility index (Phi) is 4.36. The predicted molar refractivity (Wildman–Crippen MR) is 51.6 cm³/mol. The lowest BCUT2D eigenvalue weighted by Crippen LogP contribution is -1.86. The van der Waals surface area contributed by atoms with Gasteiger partial charge in [-0.1, -0.05) is 18.2 Å². The number of anilines is 1. The first-order valence-electron chi connectivity index (χ1n) is 3.35. The van der Waals surface area contributed by atoms with Gasteiger partial charge < -0.3 is 5.73 Å². The minimum absolute atomic E-state index is 0.822. The van der Waals surface area contributed by atoms with E-state index in [1.807, 2.05) is 30.3 Å². The fourth-order valence-corrected chi connectivity index (χ4v) is 0.453. The van der Waals surface area contributed by atoms with E-state index in [1.54, 1.807) is 0 Å². The molecule has 0 atom stereocenters. The van der Waals surface area contributed by atoms with Crippen LogP contribution in [0.5, 0.6) is 0 Å². The summed E-state index contributed by atoms with van der Waals surface area (Å²) in [5, 5.41) is 0. The van der Waals surface area contributed by atoms with Crippen LogP contribution in [0, 0.1) is 0 Å². The van der Waals surface area contributed by atoms with Crippen molar-refractivity contribution in [3.8, 4) is 0 Å². The average Bonchev–Trinajstić information content (AvgIpc) is 1.85. The third kappa shape index (κ3) is 11.7. The lowest BCUT2D eigenvalue weighted by molar-refractivity contribution is 0.607. The number of benzene rings is 1. The standard InChI is InChI=1S/C6H7N.C2H6O2S/c7-6-4-2-1-3-5-6;1-5(2,3)4/h1-5H,7H2;1-2H3. The molecule has 0 aliphatic rings. The van der Waals surface area contributed by atoms with Crippen LogP contribution in [-0.4, -0.2) is 20.9 Å². The largest absolute Gasteiger partial charge is 0.399 e. The summed E-state index contributed by atoms with van der Waals surface area (Å²) in [6.45, 7) is 0. The SMILES string of the molecule is CS(C)(=O)=O.Nc1ccccc1. The lowest BCUT2D eigenvalue weighted by atomic mass is 10.3. The van der Waals surface area contributed by atoms with Crippen LogP contribution >= 0.6 is 0 Å². The van der Waals surface area contributed by atoms with Crippen LogP contribution in [0.3, 0.4) is 0 Å². The second-order valence-electron chi connectivity index (χ2n) is 2.55. The Labute approximate surface area is 73.1 Å². The molecule has 0 unspecified atom stereocenters. The van der Waals surface area contributed by atoms with E-state index < -0.39 is 9.84 Å². The van der Waals surface area contributed by atoms with Crippen molar-refractivity contribution >= 4 is 15.5 Å². The first-order valence-corrected chi connectivity index (χ1v) is 5.65. The zero-order valence-corrected chi connectivity index (χ0v) is 8.01. The molecule has 1 rings (SSSR count). The maximum absolute atomic E-state index is 9.63. The highest BCUT2D eigenvalue weighted by Crippen LogP contribution is 1.95. The summed E-state index contributed by atoms with van der Waals surface area (Å²) in [4.78, 5) is 0. The Morgan fingerprint density at radius 2 is 1.42 bits per heavy atom. The van der Waals surface area contributed by atoms with E-state index in [0.29, 0.717) is 0 Å². The van der Waals surface area contributed by atoms with Gasteiger partial charge in [0.2, 0.25) is 0 Å². The quantitative estimate of drug-likeness (QED) is 0.615. The van der Waals surface area contributed by atoms with Crippen molar-refractivity contribution in [3.05, 3.63) is 30.3 Å². The molecule has 1 aromatic carbocycles. The molecule has 0 amide bonds. The summed E-state index contributed by atoms with van der Waals surface area (Å²) in [6, 6.07) is 9.49. The van der Waals surface area contributed by atoms with Crippen LogP contribution in [-0.2, 0) is 9.84 Å². The van der Waals surface area contributed by atoms with E-state index in [9.17, 15) is 8.42 Å². The van der Waals surface area contributed by atoms with Gasteiger partial charge in [0, 0.05) is 18.2 Å². The van der Waals surface area contributed by atoms with Gasteiger partial charge in [-0.15, -0.1) is 0 Å². The summed E-state index contributed by atoms with van der Waals surface area (Å²) < 4.78 is 19.3. The topological polar surface area (TPSA) is 60.2 Å². The van der Waals surface area contributed by atoms with Crippen LogP contribution in [0.15, 0.2) is 30.3 Å². The summed E-state index contributed by atoms with van der Waals surface area (Å²) >= 11 is 0. The highest BCUT2D eigenvalue weighted by atomic mass is 32.2. The van der Waals surface area contributed by atoms with Gasteiger partial charge in [-0.2, -0.15) is 0 Å². The van der Waals surface area contributed by atoms with Crippen molar-refractivity contribution in [1.29, 1.82) is 0 Å². The molecule has 0 bridgehead atoms. The van der Waals surface area contributed by atoms with Crippen molar-refractivity contribution in [3.63, 3.8) is 0 Å². The molecule has 0 aliphatic heterocycles. The number of hydrogen-bond donors (Lipinski definition) is 1. The molecule has 3 nitrogen and oxygen atoms in total. The minimum atomic E-state index is -2.67. The molecule has 12 heavy (non-hydrogen) atoms. The monoisotopic (exact) mass is 187 g/mol. The fourth-order valence-electron chi connectivity index (χ4n) is 0.453. The molecule has 1 aromatic rings. The summed E-state index contributed by atoms with van der Waals surface area (Å²) in [6.07, 6.45) is 2.32. The van der Waals surface area contributed by atoms with Crippen molar-refractivity contribution in [2.45, 2.75) is 0 Å². The fraction of sp³-hybridized carbons (Fsp3) is 0.250. The molecule has 0 saturated heterocycles.